The van der Waals surface area contributed by atoms with E-state index in [1.807, 2.05) is 0 Å². The summed E-state index contributed by atoms with van der Waals surface area (Å²) in [5, 5.41) is 4.96. The second-order valence-corrected chi connectivity index (χ2v) is 7.92. The number of furan rings is 1. The minimum Gasteiger partial charge on any atom is -0.459 e. The molecule has 3 heteroatoms. The van der Waals surface area contributed by atoms with Crippen LogP contribution in [-0.2, 0) is 0 Å². The van der Waals surface area contributed by atoms with Crippen molar-refractivity contribution in [2.45, 2.75) is 50.8 Å². The van der Waals surface area contributed by atoms with E-state index in [-0.39, 0.29) is 4.75 Å². The summed E-state index contributed by atoms with van der Waals surface area (Å²) in [6.45, 7) is 7.77. The standard InChI is InChI=1S/C18H25NOS/c1-4-10-19-17(18(3)9-6-11-21-18)15-12-14-8-5-7-13(2)16(14)20-15/h5,7-8,12,17,19H,4,6,9-11H2,1-3H3. The van der Waals surface area contributed by atoms with Crippen molar-refractivity contribution in [3.8, 4) is 0 Å². The molecule has 1 aromatic heterocycles. The Morgan fingerprint density at radius 3 is 2.95 bits per heavy atom. The van der Waals surface area contributed by atoms with E-state index in [0.29, 0.717) is 6.04 Å². The second-order valence-electron chi connectivity index (χ2n) is 6.29. The number of fused-ring (bicyclic) bond motifs is 1. The molecule has 21 heavy (non-hydrogen) atoms. The van der Waals surface area contributed by atoms with Gasteiger partial charge in [0.15, 0.2) is 0 Å². The van der Waals surface area contributed by atoms with Crippen molar-refractivity contribution in [2.75, 3.05) is 12.3 Å². The Balaban J connectivity index is 1.99. The van der Waals surface area contributed by atoms with Crippen LogP contribution in [0.5, 0.6) is 0 Å². The molecule has 0 radical (unpaired) electrons. The Hall–Kier alpha value is -0.930. The first-order valence-corrected chi connectivity index (χ1v) is 8.99. The van der Waals surface area contributed by atoms with Crippen LogP contribution < -0.4 is 5.32 Å². The SMILES string of the molecule is CCCNC(c1cc2cccc(C)c2o1)C1(C)CCCS1. The maximum absolute atomic E-state index is 6.26. The van der Waals surface area contributed by atoms with Gasteiger partial charge in [0.2, 0.25) is 0 Å². The van der Waals surface area contributed by atoms with Gasteiger partial charge in [-0.1, -0.05) is 25.1 Å². The zero-order valence-electron chi connectivity index (χ0n) is 13.2. The van der Waals surface area contributed by atoms with E-state index in [2.05, 4.69) is 62.1 Å². The first-order valence-electron chi connectivity index (χ1n) is 8.00. The van der Waals surface area contributed by atoms with E-state index < -0.39 is 0 Å². The number of benzene rings is 1. The maximum atomic E-state index is 6.26. The molecule has 3 rings (SSSR count). The average Bonchev–Trinajstić information content (AvgIpc) is 3.07. The molecule has 1 aromatic carbocycles. The van der Waals surface area contributed by atoms with Crippen molar-refractivity contribution in [2.24, 2.45) is 0 Å². The molecule has 1 fully saturated rings. The van der Waals surface area contributed by atoms with Crippen molar-refractivity contribution < 1.29 is 4.42 Å². The van der Waals surface area contributed by atoms with Gasteiger partial charge >= 0.3 is 0 Å². The van der Waals surface area contributed by atoms with E-state index in [1.54, 1.807) is 0 Å². The molecule has 0 saturated carbocycles. The highest BCUT2D eigenvalue weighted by molar-refractivity contribution is 8.00. The lowest BCUT2D eigenvalue weighted by molar-refractivity contribution is 0.355. The number of para-hydroxylation sites is 1. The number of aryl methyl sites for hydroxylation is 1. The summed E-state index contributed by atoms with van der Waals surface area (Å²) in [5.41, 5.74) is 2.26. The highest BCUT2D eigenvalue weighted by Gasteiger charge is 2.40. The third kappa shape index (κ3) is 2.86. The van der Waals surface area contributed by atoms with Gasteiger partial charge in [-0.2, -0.15) is 11.8 Å². The number of hydrogen-bond donors (Lipinski definition) is 1. The lowest BCUT2D eigenvalue weighted by atomic mass is 9.94. The lowest BCUT2D eigenvalue weighted by Gasteiger charge is -2.32. The Morgan fingerprint density at radius 1 is 1.43 bits per heavy atom. The fourth-order valence-electron chi connectivity index (χ4n) is 3.31. The fraction of sp³-hybridized carbons (Fsp3) is 0.556. The van der Waals surface area contributed by atoms with Gasteiger partial charge in [0, 0.05) is 10.1 Å². The van der Waals surface area contributed by atoms with Crippen molar-refractivity contribution >= 4 is 22.7 Å². The number of thioether (sulfide) groups is 1. The van der Waals surface area contributed by atoms with Crippen LogP contribution >= 0.6 is 11.8 Å². The summed E-state index contributed by atoms with van der Waals surface area (Å²) in [6, 6.07) is 8.92. The molecule has 2 nitrogen and oxygen atoms in total. The van der Waals surface area contributed by atoms with E-state index in [4.69, 9.17) is 4.42 Å². The summed E-state index contributed by atoms with van der Waals surface area (Å²) in [6.07, 6.45) is 3.72. The van der Waals surface area contributed by atoms with Gasteiger partial charge in [0.25, 0.3) is 0 Å². The zero-order chi connectivity index (χ0) is 14.9. The van der Waals surface area contributed by atoms with Crippen LogP contribution in [0.15, 0.2) is 28.7 Å². The number of nitrogens with one attached hydrogen (secondary N) is 1. The molecule has 0 amide bonds. The van der Waals surface area contributed by atoms with Gasteiger partial charge in [-0.25, -0.2) is 0 Å². The van der Waals surface area contributed by atoms with Crippen LogP contribution in [0.25, 0.3) is 11.0 Å². The number of rotatable bonds is 5. The summed E-state index contributed by atoms with van der Waals surface area (Å²) >= 11 is 2.09. The molecule has 2 unspecified atom stereocenters. The first kappa shape index (κ1) is 15.0. The van der Waals surface area contributed by atoms with Crippen LogP contribution in [0.3, 0.4) is 0 Å². The predicted octanol–water partition coefficient (Wildman–Crippen LogP) is 5.07. The summed E-state index contributed by atoms with van der Waals surface area (Å²) < 4.78 is 6.51. The molecule has 2 aromatic rings. The van der Waals surface area contributed by atoms with Gasteiger partial charge in [-0.3, -0.25) is 0 Å². The molecule has 1 saturated heterocycles. The average molecular weight is 303 g/mol. The zero-order valence-corrected chi connectivity index (χ0v) is 14.1. The topological polar surface area (TPSA) is 25.2 Å². The molecule has 2 atom stereocenters. The smallest absolute Gasteiger partial charge is 0.137 e. The molecule has 0 aliphatic carbocycles. The first-order chi connectivity index (χ1) is 10.1. The third-order valence-corrected chi connectivity index (χ3v) is 6.10. The van der Waals surface area contributed by atoms with Crippen molar-refractivity contribution in [1.29, 1.82) is 0 Å². The van der Waals surface area contributed by atoms with Gasteiger partial charge in [0.1, 0.15) is 11.3 Å². The quantitative estimate of drug-likeness (QED) is 0.835. The van der Waals surface area contributed by atoms with E-state index in [1.165, 1.54) is 29.5 Å². The Bertz CT molecular complexity index is 613. The highest BCUT2D eigenvalue weighted by Crippen LogP contribution is 2.47. The molecule has 114 valence electrons. The van der Waals surface area contributed by atoms with Crippen LogP contribution in [-0.4, -0.2) is 17.0 Å². The molecule has 0 spiro atoms. The Kier molecular flexibility index (Phi) is 4.32. The maximum Gasteiger partial charge on any atom is 0.137 e. The molecular weight excluding hydrogens is 278 g/mol. The Labute approximate surface area is 131 Å². The molecular formula is C18H25NOS. The molecule has 1 N–H and O–H groups in total. The molecule has 0 bridgehead atoms. The molecule has 1 aliphatic heterocycles. The summed E-state index contributed by atoms with van der Waals surface area (Å²) in [5.74, 6) is 2.37. The molecule has 2 heterocycles. The van der Waals surface area contributed by atoms with E-state index >= 15 is 0 Å². The van der Waals surface area contributed by atoms with Crippen molar-refractivity contribution in [1.82, 2.24) is 5.32 Å². The van der Waals surface area contributed by atoms with Crippen molar-refractivity contribution in [3.63, 3.8) is 0 Å². The second kappa shape index (κ2) is 6.05. The predicted molar refractivity (Wildman–Crippen MR) is 92.1 cm³/mol. The lowest BCUT2D eigenvalue weighted by Crippen LogP contribution is -2.37. The minimum atomic E-state index is 0.247. The van der Waals surface area contributed by atoms with Gasteiger partial charge in [-0.15, -0.1) is 0 Å². The van der Waals surface area contributed by atoms with Gasteiger partial charge < -0.3 is 9.73 Å². The van der Waals surface area contributed by atoms with Crippen LogP contribution in [0, 0.1) is 6.92 Å². The monoisotopic (exact) mass is 303 g/mol. The fourth-order valence-corrected chi connectivity index (χ4v) is 4.72. The summed E-state index contributed by atoms with van der Waals surface area (Å²) in [4.78, 5) is 0. The molecule has 1 aliphatic rings. The van der Waals surface area contributed by atoms with Gasteiger partial charge in [-0.05, 0) is 57.0 Å². The Morgan fingerprint density at radius 2 is 2.29 bits per heavy atom. The van der Waals surface area contributed by atoms with Crippen LogP contribution in [0.4, 0.5) is 0 Å². The van der Waals surface area contributed by atoms with Crippen LogP contribution in [0.1, 0.15) is 50.5 Å². The minimum absolute atomic E-state index is 0.247. The normalized spacial score (nSPS) is 23.8. The van der Waals surface area contributed by atoms with E-state index in [0.717, 1.165) is 24.3 Å². The largest absolute Gasteiger partial charge is 0.459 e. The highest BCUT2D eigenvalue weighted by atomic mass is 32.2. The van der Waals surface area contributed by atoms with Gasteiger partial charge in [0.05, 0.1) is 6.04 Å². The summed E-state index contributed by atoms with van der Waals surface area (Å²) in [7, 11) is 0. The third-order valence-electron chi connectivity index (χ3n) is 4.50. The van der Waals surface area contributed by atoms with E-state index in [9.17, 15) is 0 Å². The van der Waals surface area contributed by atoms with Crippen LogP contribution in [0.2, 0.25) is 0 Å². The number of hydrogen-bond acceptors (Lipinski definition) is 3. The van der Waals surface area contributed by atoms with Crippen molar-refractivity contribution in [3.05, 3.63) is 35.6 Å².